The summed E-state index contributed by atoms with van der Waals surface area (Å²) >= 11 is 1.38. The molecule has 0 spiro atoms. The summed E-state index contributed by atoms with van der Waals surface area (Å²) in [5.41, 5.74) is 1.87. The fraction of sp³-hybridized carbons (Fsp3) is 0.263. The maximum absolute atomic E-state index is 11.0. The lowest BCUT2D eigenvalue weighted by Crippen LogP contribution is -2.13. The minimum Gasteiger partial charge on any atom is -0.358 e. The Kier molecular flexibility index (Phi) is 5.53. The van der Waals surface area contributed by atoms with Crippen LogP contribution in [-0.4, -0.2) is 34.7 Å². The Morgan fingerprint density at radius 2 is 2.00 bits per heavy atom. The van der Waals surface area contributed by atoms with Crippen LogP contribution in [0.25, 0.3) is 0 Å². The summed E-state index contributed by atoms with van der Waals surface area (Å²) in [6, 6.07) is 13.2. The zero-order chi connectivity index (χ0) is 21.1. The quantitative estimate of drug-likeness (QED) is 0.336. The molecule has 0 bridgehead atoms. The van der Waals surface area contributed by atoms with Gasteiger partial charge < -0.3 is 15.4 Å². The molecule has 1 aromatic carbocycles. The molecule has 154 valence electrons. The highest BCUT2D eigenvalue weighted by atomic mass is 32.1. The number of aromatic nitrogens is 6. The van der Waals surface area contributed by atoms with Gasteiger partial charge in [-0.3, -0.25) is 4.68 Å². The molecule has 0 fully saturated rings. The van der Waals surface area contributed by atoms with Crippen LogP contribution < -0.4 is 5.32 Å². The van der Waals surface area contributed by atoms with Crippen molar-refractivity contribution in [2.75, 3.05) is 5.32 Å². The van der Waals surface area contributed by atoms with Crippen molar-refractivity contribution in [3.63, 3.8) is 0 Å². The van der Waals surface area contributed by atoms with Gasteiger partial charge >= 0.3 is 5.82 Å². The molecule has 0 radical (unpaired) electrons. The fourth-order valence-electron chi connectivity index (χ4n) is 3.14. The molecule has 0 aliphatic carbocycles. The Morgan fingerprint density at radius 1 is 1.20 bits per heavy atom. The van der Waals surface area contributed by atoms with Crippen LogP contribution >= 0.6 is 11.3 Å². The summed E-state index contributed by atoms with van der Waals surface area (Å²) in [6.45, 7) is 4.46. The number of nitrogens with zero attached hydrogens (tertiary/aromatic N) is 7. The van der Waals surface area contributed by atoms with Crippen LogP contribution in [0.5, 0.6) is 0 Å². The molecule has 1 N–H and O–H groups in total. The van der Waals surface area contributed by atoms with Crippen molar-refractivity contribution in [3.8, 4) is 0 Å². The molecule has 0 aliphatic heterocycles. The van der Waals surface area contributed by atoms with Gasteiger partial charge in [-0.15, -0.1) is 10.2 Å². The zero-order valence-corrected chi connectivity index (χ0v) is 17.3. The second-order valence-corrected chi connectivity index (χ2v) is 7.73. The Bertz CT molecular complexity index is 1150. The molecular weight excluding hydrogens is 404 g/mol. The van der Waals surface area contributed by atoms with Crippen molar-refractivity contribution in [2.45, 2.75) is 32.9 Å². The number of anilines is 2. The van der Waals surface area contributed by atoms with Crippen LogP contribution in [0.4, 0.5) is 16.8 Å². The van der Waals surface area contributed by atoms with Gasteiger partial charge in [-0.2, -0.15) is 9.78 Å². The van der Waals surface area contributed by atoms with E-state index in [4.69, 9.17) is 0 Å². The first kappa shape index (κ1) is 19.7. The van der Waals surface area contributed by atoms with Crippen LogP contribution in [0.3, 0.4) is 0 Å². The van der Waals surface area contributed by atoms with E-state index in [0.29, 0.717) is 29.6 Å². The van der Waals surface area contributed by atoms with Crippen molar-refractivity contribution in [2.24, 2.45) is 0 Å². The number of nitro groups is 1. The first-order chi connectivity index (χ1) is 14.5. The number of hydrogen-bond acceptors (Lipinski definition) is 8. The van der Waals surface area contributed by atoms with E-state index in [9.17, 15) is 10.1 Å². The number of hydrogen-bond donors (Lipinski definition) is 1. The molecule has 0 unspecified atom stereocenters. The summed E-state index contributed by atoms with van der Waals surface area (Å²) in [4.78, 5) is 10.5. The second-order valence-electron chi connectivity index (χ2n) is 6.72. The predicted molar refractivity (Wildman–Crippen MR) is 113 cm³/mol. The van der Waals surface area contributed by atoms with Gasteiger partial charge in [0.1, 0.15) is 11.0 Å². The van der Waals surface area contributed by atoms with E-state index in [1.165, 1.54) is 23.0 Å². The van der Waals surface area contributed by atoms with E-state index in [0.717, 1.165) is 5.01 Å². The van der Waals surface area contributed by atoms with E-state index in [1.54, 1.807) is 11.6 Å². The highest BCUT2D eigenvalue weighted by molar-refractivity contribution is 7.15. The molecule has 1 atom stereocenters. The monoisotopic (exact) mass is 424 g/mol. The van der Waals surface area contributed by atoms with E-state index in [-0.39, 0.29) is 11.9 Å². The Morgan fingerprint density at radius 3 is 2.70 bits per heavy atom. The topological polar surface area (TPSA) is 117 Å². The lowest BCUT2D eigenvalue weighted by atomic mass is 10.2. The molecular formula is C19H20N8O2S. The number of rotatable bonds is 8. The average Bonchev–Trinajstić information content (AvgIpc) is 3.46. The van der Waals surface area contributed by atoms with Gasteiger partial charge in [-0.1, -0.05) is 48.6 Å². The zero-order valence-electron chi connectivity index (χ0n) is 16.5. The molecule has 10 nitrogen and oxygen atoms in total. The fourth-order valence-corrected chi connectivity index (χ4v) is 4.06. The van der Waals surface area contributed by atoms with E-state index in [2.05, 4.69) is 37.8 Å². The number of aryl methyl sites for hydroxylation is 1. The number of benzene rings is 1. The van der Waals surface area contributed by atoms with Crippen molar-refractivity contribution >= 4 is 28.1 Å². The SMILES string of the molecule is CC[C@@H](c1nnc(Nc2ccn(Cc3ccccc3)n2)s1)n1nc([N+](=O)[O-])cc1C. The lowest BCUT2D eigenvalue weighted by Gasteiger charge is -2.09. The molecule has 4 rings (SSSR count). The number of nitrogens with one attached hydrogen (secondary N) is 1. The van der Waals surface area contributed by atoms with Crippen LogP contribution in [0.15, 0.2) is 48.7 Å². The molecule has 3 aromatic heterocycles. The summed E-state index contributed by atoms with van der Waals surface area (Å²) in [6.07, 6.45) is 2.58. The third-order valence-corrected chi connectivity index (χ3v) is 5.51. The summed E-state index contributed by atoms with van der Waals surface area (Å²) in [5, 5.41) is 32.6. The minimum absolute atomic E-state index is 0.169. The van der Waals surface area contributed by atoms with Crippen LogP contribution in [0.1, 0.15) is 35.7 Å². The first-order valence-electron chi connectivity index (χ1n) is 9.42. The van der Waals surface area contributed by atoms with E-state index in [1.807, 2.05) is 42.1 Å². The van der Waals surface area contributed by atoms with Crippen LogP contribution in [-0.2, 0) is 6.54 Å². The maximum Gasteiger partial charge on any atom is 0.390 e. The molecule has 0 saturated heterocycles. The van der Waals surface area contributed by atoms with Gasteiger partial charge in [-0.25, -0.2) is 0 Å². The maximum atomic E-state index is 11.0. The van der Waals surface area contributed by atoms with Crippen molar-refractivity contribution in [1.82, 2.24) is 29.8 Å². The molecule has 0 saturated carbocycles. The van der Waals surface area contributed by atoms with Gasteiger partial charge in [0.2, 0.25) is 5.13 Å². The highest BCUT2D eigenvalue weighted by Gasteiger charge is 2.25. The van der Waals surface area contributed by atoms with Crippen LogP contribution in [0.2, 0.25) is 0 Å². The molecule has 30 heavy (non-hydrogen) atoms. The average molecular weight is 424 g/mol. The first-order valence-corrected chi connectivity index (χ1v) is 10.2. The smallest absolute Gasteiger partial charge is 0.358 e. The van der Waals surface area contributed by atoms with Gasteiger partial charge in [0.25, 0.3) is 0 Å². The van der Waals surface area contributed by atoms with Gasteiger partial charge in [0.05, 0.1) is 23.4 Å². The second kappa shape index (κ2) is 8.41. The van der Waals surface area contributed by atoms with Crippen LogP contribution in [0, 0.1) is 17.0 Å². The Balaban J connectivity index is 1.48. The van der Waals surface area contributed by atoms with Crippen molar-refractivity contribution in [1.29, 1.82) is 0 Å². The normalized spacial score (nSPS) is 12.1. The summed E-state index contributed by atoms with van der Waals surface area (Å²) in [5.74, 6) is 0.505. The predicted octanol–water partition coefficient (Wildman–Crippen LogP) is 3.94. The standard InChI is InChI=1S/C19H20N8O2S/c1-3-15(26-13(2)11-17(24-26)27(28)29)18-21-22-19(30-18)20-16-9-10-25(23-16)12-14-7-5-4-6-8-14/h4-11,15H,3,12H2,1-2H3,(H,20,22,23)/t15-/m0/s1. The molecule has 0 amide bonds. The van der Waals surface area contributed by atoms with E-state index >= 15 is 0 Å². The van der Waals surface area contributed by atoms with Gasteiger partial charge in [-0.05, 0) is 23.8 Å². The van der Waals surface area contributed by atoms with E-state index < -0.39 is 4.92 Å². The molecule has 0 aliphatic rings. The molecule has 11 heteroatoms. The largest absolute Gasteiger partial charge is 0.390 e. The Labute approximate surface area is 176 Å². The summed E-state index contributed by atoms with van der Waals surface area (Å²) in [7, 11) is 0. The Hall–Kier alpha value is -3.60. The third-order valence-electron chi connectivity index (χ3n) is 4.57. The lowest BCUT2D eigenvalue weighted by molar-refractivity contribution is -0.389. The molecule has 4 aromatic rings. The highest BCUT2D eigenvalue weighted by Crippen LogP contribution is 2.30. The van der Waals surface area contributed by atoms with Crippen molar-refractivity contribution < 1.29 is 4.92 Å². The summed E-state index contributed by atoms with van der Waals surface area (Å²) < 4.78 is 3.48. The van der Waals surface area contributed by atoms with Gasteiger partial charge in [0, 0.05) is 12.3 Å². The third kappa shape index (κ3) is 4.20. The van der Waals surface area contributed by atoms with Gasteiger partial charge in [0.15, 0.2) is 5.82 Å². The minimum atomic E-state index is -0.491. The van der Waals surface area contributed by atoms with Crippen molar-refractivity contribution in [3.05, 3.63) is 75.0 Å². The molecule has 3 heterocycles.